The van der Waals surface area contributed by atoms with E-state index in [9.17, 15) is 0 Å². The first kappa shape index (κ1) is 34.2. The number of hydrogen-bond donors (Lipinski definition) is 0. The highest BCUT2D eigenvalue weighted by Crippen LogP contribution is 2.42. The average Bonchev–Trinajstić information content (AvgIpc) is 3.70. The van der Waals surface area contributed by atoms with E-state index in [1.165, 1.54) is 5.39 Å². The van der Waals surface area contributed by atoms with Crippen molar-refractivity contribution < 1.29 is 4.42 Å². The standard InChI is InChI=1S/C54H34N4O/c1-5-16-35(17-6-1)47-33-40(34-48(55-47)36-18-7-2-8-19-36)42-30-29-41(43-24-13-14-25-44(42)43)39-28-31-49-46(32-39)51-45(26-15-27-50(51)59-49)54-57-52(37-20-9-3-10-21-37)56-53(58-54)38-22-11-4-12-23-38/h1-34H. The largest absolute Gasteiger partial charge is 0.456 e. The van der Waals surface area contributed by atoms with Crippen molar-refractivity contribution in [2.75, 3.05) is 0 Å². The van der Waals surface area contributed by atoms with E-state index in [4.69, 9.17) is 24.4 Å². The van der Waals surface area contributed by atoms with Crippen LogP contribution in [0.3, 0.4) is 0 Å². The van der Waals surface area contributed by atoms with E-state index in [0.717, 1.165) is 88.8 Å². The fourth-order valence-electron chi connectivity index (χ4n) is 8.11. The maximum absolute atomic E-state index is 6.52. The zero-order chi connectivity index (χ0) is 39.1. The summed E-state index contributed by atoms with van der Waals surface area (Å²) >= 11 is 0. The molecule has 276 valence electrons. The number of nitrogens with zero attached hydrogens (tertiary/aromatic N) is 4. The summed E-state index contributed by atoms with van der Waals surface area (Å²) in [5.41, 5.74) is 12.8. The van der Waals surface area contributed by atoms with Crippen LogP contribution < -0.4 is 0 Å². The molecule has 11 rings (SSSR count). The number of hydrogen-bond acceptors (Lipinski definition) is 5. The Kier molecular flexibility index (Phi) is 8.41. The molecule has 3 aromatic heterocycles. The van der Waals surface area contributed by atoms with Gasteiger partial charge in [0.15, 0.2) is 17.5 Å². The molecule has 8 aromatic carbocycles. The lowest BCUT2D eigenvalue weighted by atomic mass is 9.90. The van der Waals surface area contributed by atoms with Crippen LogP contribution in [0.2, 0.25) is 0 Å². The molecule has 0 bridgehead atoms. The first-order valence-corrected chi connectivity index (χ1v) is 19.7. The summed E-state index contributed by atoms with van der Waals surface area (Å²) in [6.45, 7) is 0. The fourth-order valence-corrected chi connectivity index (χ4v) is 8.11. The molecule has 0 unspecified atom stereocenters. The van der Waals surface area contributed by atoms with Gasteiger partial charge in [-0.3, -0.25) is 0 Å². The van der Waals surface area contributed by atoms with Gasteiger partial charge in [-0.25, -0.2) is 19.9 Å². The zero-order valence-electron chi connectivity index (χ0n) is 31.8. The molecular formula is C54H34N4O. The Hall–Kier alpha value is -8.02. The number of rotatable bonds is 7. The van der Waals surface area contributed by atoms with Crippen molar-refractivity contribution in [2.45, 2.75) is 0 Å². The highest BCUT2D eigenvalue weighted by atomic mass is 16.3. The fraction of sp³-hybridized carbons (Fsp3) is 0. The number of pyridine rings is 1. The summed E-state index contributed by atoms with van der Waals surface area (Å²) in [5.74, 6) is 1.83. The molecule has 0 amide bonds. The lowest BCUT2D eigenvalue weighted by molar-refractivity contribution is 0.669. The monoisotopic (exact) mass is 754 g/mol. The summed E-state index contributed by atoms with van der Waals surface area (Å²) in [7, 11) is 0. The van der Waals surface area contributed by atoms with Crippen LogP contribution in [0.25, 0.3) is 112 Å². The van der Waals surface area contributed by atoms with Crippen LogP contribution in [0, 0.1) is 0 Å². The second-order valence-corrected chi connectivity index (χ2v) is 14.6. The van der Waals surface area contributed by atoms with E-state index >= 15 is 0 Å². The Labute approximate surface area is 341 Å². The molecule has 0 fully saturated rings. The maximum atomic E-state index is 6.52. The number of benzene rings is 8. The van der Waals surface area contributed by atoms with Gasteiger partial charge in [0.05, 0.1) is 11.4 Å². The molecule has 0 spiro atoms. The van der Waals surface area contributed by atoms with Gasteiger partial charge in [-0.2, -0.15) is 0 Å². The summed E-state index contributed by atoms with van der Waals surface area (Å²) in [5, 5.41) is 4.29. The third-order valence-electron chi connectivity index (χ3n) is 10.9. The number of aromatic nitrogens is 4. The third kappa shape index (κ3) is 6.32. The van der Waals surface area contributed by atoms with Gasteiger partial charge < -0.3 is 4.42 Å². The summed E-state index contributed by atoms with van der Waals surface area (Å²) in [6.07, 6.45) is 0. The molecule has 0 saturated heterocycles. The predicted octanol–water partition coefficient (Wildman–Crippen LogP) is 14.0. The van der Waals surface area contributed by atoms with E-state index in [0.29, 0.717) is 17.5 Å². The summed E-state index contributed by atoms with van der Waals surface area (Å²) < 4.78 is 6.52. The lowest BCUT2D eigenvalue weighted by Crippen LogP contribution is -2.00. The number of furan rings is 1. The molecule has 0 atom stereocenters. The molecule has 11 aromatic rings. The molecular weight excluding hydrogens is 721 g/mol. The Bertz CT molecular complexity index is 3190. The van der Waals surface area contributed by atoms with Gasteiger partial charge in [0.25, 0.3) is 0 Å². The minimum absolute atomic E-state index is 0.591. The Morgan fingerprint density at radius 1 is 0.271 bits per heavy atom. The Morgan fingerprint density at radius 3 is 1.32 bits per heavy atom. The van der Waals surface area contributed by atoms with Crippen molar-refractivity contribution in [3.8, 4) is 78.9 Å². The SMILES string of the molecule is c1ccc(-c2cc(-c3ccc(-c4ccc5oc6cccc(-c7nc(-c8ccccc8)nc(-c8ccccc8)n7)c6c5c4)c4ccccc34)cc(-c3ccccc3)n2)cc1. The quantitative estimate of drug-likeness (QED) is 0.162. The molecule has 0 aliphatic rings. The molecule has 0 aliphatic carbocycles. The van der Waals surface area contributed by atoms with Gasteiger partial charge in [-0.05, 0) is 63.4 Å². The van der Waals surface area contributed by atoms with E-state index in [-0.39, 0.29) is 0 Å². The first-order chi connectivity index (χ1) is 29.2. The van der Waals surface area contributed by atoms with Gasteiger partial charge in [-0.1, -0.05) is 176 Å². The lowest BCUT2D eigenvalue weighted by Gasteiger charge is -2.15. The van der Waals surface area contributed by atoms with E-state index in [2.05, 4.69) is 121 Å². The van der Waals surface area contributed by atoms with Gasteiger partial charge in [-0.15, -0.1) is 0 Å². The van der Waals surface area contributed by atoms with E-state index in [1.54, 1.807) is 0 Å². The van der Waals surface area contributed by atoms with Crippen LogP contribution >= 0.6 is 0 Å². The van der Waals surface area contributed by atoms with E-state index in [1.807, 2.05) is 84.9 Å². The highest BCUT2D eigenvalue weighted by molar-refractivity contribution is 6.14. The normalized spacial score (nSPS) is 11.4. The highest BCUT2D eigenvalue weighted by Gasteiger charge is 2.19. The van der Waals surface area contributed by atoms with Gasteiger partial charge >= 0.3 is 0 Å². The van der Waals surface area contributed by atoms with Gasteiger partial charge in [0, 0.05) is 38.6 Å². The van der Waals surface area contributed by atoms with Gasteiger partial charge in [0.1, 0.15) is 11.2 Å². The third-order valence-corrected chi connectivity index (χ3v) is 10.9. The smallest absolute Gasteiger partial charge is 0.164 e. The summed E-state index contributed by atoms with van der Waals surface area (Å²) in [4.78, 5) is 20.2. The molecule has 0 saturated carbocycles. The average molecular weight is 755 g/mol. The van der Waals surface area contributed by atoms with Crippen molar-refractivity contribution in [1.29, 1.82) is 0 Å². The van der Waals surface area contributed by atoms with Crippen molar-refractivity contribution in [1.82, 2.24) is 19.9 Å². The Morgan fingerprint density at radius 2 is 0.763 bits per heavy atom. The molecule has 5 nitrogen and oxygen atoms in total. The summed E-state index contributed by atoms with van der Waals surface area (Å²) in [6, 6.07) is 71.1. The molecule has 5 heteroatoms. The predicted molar refractivity (Wildman–Crippen MR) is 240 cm³/mol. The molecule has 3 heterocycles. The van der Waals surface area contributed by atoms with Crippen LogP contribution in [0.15, 0.2) is 211 Å². The van der Waals surface area contributed by atoms with Crippen LogP contribution in [0.4, 0.5) is 0 Å². The molecule has 59 heavy (non-hydrogen) atoms. The van der Waals surface area contributed by atoms with Crippen LogP contribution in [-0.4, -0.2) is 19.9 Å². The van der Waals surface area contributed by atoms with Crippen molar-refractivity contribution in [3.63, 3.8) is 0 Å². The topological polar surface area (TPSA) is 64.7 Å². The zero-order valence-corrected chi connectivity index (χ0v) is 31.8. The molecule has 0 aliphatic heterocycles. The Balaban J connectivity index is 1.07. The van der Waals surface area contributed by atoms with Crippen molar-refractivity contribution >= 4 is 32.7 Å². The molecule has 0 N–H and O–H groups in total. The number of fused-ring (bicyclic) bond motifs is 4. The van der Waals surface area contributed by atoms with Crippen molar-refractivity contribution in [2.24, 2.45) is 0 Å². The van der Waals surface area contributed by atoms with Crippen LogP contribution in [0.5, 0.6) is 0 Å². The molecule has 0 radical (unpaired) electrons. The van der Waals surface area contributed by atoms with E-state index < -0.39 is 0 Å². The second-order valence-electron chi connectivity index (χ2n) is 14.6. The maximum Gasteiger partial charge on any atom is 0.164 e. The minimum Gasteiger partial charge on any atom is -0.456 e. The van der Waals surface area contributed by atoms with Crippen LogP contribution in [-0.2, 0) is 0 Å². The van der Waals surface area contributed by atoms with Crippen molar-refractivity contribution in [3.05, 3.63) is 206 Å². The first-order valence-electron chi connectivity index (χ1n) is 19.7. The van der Waals surface area contributed by atoms with Crippen LogP contribution in [0.1, 0.15) is 0 Å². The second kappa shape index (κ2) is 14.5. The van der Waals surface area contributed by atoms with Gasteiger partial charge in [0.2, 0.25) is 0 Å². The minimum atomic E-state index is 0.591.